The lowest BCUT2D eigenvalue weighted by Crippen LogP contribution is -2.13. The van der Waals surface area contributed by atoms with Crippen molar-refractivity contribution in [2.45, 2.75) is 20.3 Å². The van der Waals surface area contributed by atoms with Crippen LogP contribution in [0.15, 0.2) is 48.5 Å². The largest absolute Gasteiger partial charge is 0.494 e. The minimum absolute atomic E-state index is 0.693. The van der Waals surface area contributed by atoms with Crippen LogP contribution in [0.4, 0.5) is 11.4 Å². The summed E-state index contributed by atoms with van der Waals surface area (Å²) in [5.41, 5.74) is 2.20. The van der Waals surface area contributed by atoms with Gasteiger partial charge < -0.3 is 20.1 Å². The predicted molar refractivity (Wildman–Crippen MR) is 96.8 cm³/mol. The molecule has 0 spiro atoms. The van der Waals surface area contributed by atoms with E-state index in [0.717, 1.165) is 49.0 Å². The Balaban J connectivity index is 1.68. The van der Waals surface area contributed by atoms with Crippen molar-refractivity contribution in [1.29, 1.82) is 0 Å². The maximum atomic E-state index is 5.57. The highest BCUT2D eigenvalue weighted by Crippen LogP contribution is 2.16. The summed E-state index contributed by atoms with van der Waals surface area (Å²) < 4.78 is 11.0. The lowest BCUT2D eigenvalue weighted by atomic mass is 10.3. The van der Waals surface area contributed by atoms with E-state index in [1.807, 2.05) is 55.5 Å². The van der Waals surface area contributed by atoms with Crippen molar-refractivity contribution in [2.24, 2.45) is 0 Å². The zero-order valence-corrected chi connectivity index (χ0v) is 14.0. The Morgan fingerprint density at radius 2 is 1.17 bits per heavy atom. The van der Waals surface area contributed by atoms with E-state index >= 15 is 0 Å². The molecular weight excluding hydrogens is 288 g/mol. The quantitative estimate of drug-likeness (QED) is 0.638. The number of benzene rings is 2. The molecule has 0 saturated carbocycles. The first-order valence-corrected chi connectivity index (χ1v) is 8.25. The van der Waals surface area contributed by atoms with Gasteiger partial charge in [0.05, 0.1) is 13.2 Å². The molecule has 0 aliphatic rings. The summed E-state index contributed by atoms with van der Waals surface area (Å²) in [6.45, 7) is 7.25. The molecule has 0 bridgehead atoms. The minimum Gasteiger partial charge on any atom is -0.494 e. The molecule has 0 aliphatic carbocycles. The second kappa shape index (κ2) is 9.62. The Bertz CT molecular complexity index is 553. The lowest BCUT2D eigenvalue weighted by Gasteiger charge is -2.10. The number of rotatable bonds is 10. The molecule has 0 saturated heterocycles. The van der Waals surface area contributed by atoms with Crippen molar-refractivity contribution < 1.29 is 9.47 Å². The molecule has 0 heterocycles. The molecule has 2 N–H and O–H groups in total. The smallest absolute Gasteiger partial charge is 0.119 e. The van der Waals surface area contributed by atoms with Crippen molar-refractivity contribution in [3.63, 3.8) is 0 Å². The van der Waals surface area contributed by atoms with Gasteiger partial charge in [-0.1, -0.05) is 6.92 Å². The minimum atomic E-state index is 0.693. The maximum Gasteiger partial charge on any atom is 0.119 e. The second-order valence-electron chi connectivity index (χ2n) is 5.18. The van der Waals surface area contributed by atoms with Crippen molar-refractivity contribution in [3.8, 4) is 11.5 Å². The third kappa shape index (κ3) is 6.10. The predicted octanol–water partition coefficient (Wildman–Crippen LogP) is 4.40. The average Bonchev–Trinajstić information content (AvgIpc) is 2.59. The van der Waals surface area contributed by atoms with Gasteiger partial charge in [0.25, 0.3) is 0 Å². The van der Waals surface area contributed by atoms with Gasteiger partial charge in [0, 0.05) is 24.5 Å². The maximum absolute atomic E-state index is 5.57. The van der Waals surface area contributed by atoms with Crippen LogP contribution in [0.3, 0.4) is 0 Å². The molecule has 23 heavy (non-hydrogen) atoms. The van der Waals surface area contributed by atoms with Crippen LogP contribution in [0.1, 0.15) is 20.3 Å². The third-order valence-electron chi connectivity index (χ3n) is 3.28. The molecule has 0 amide bonds. The monoisotopic (exact) mass is 314 g/mol. The first kappa shape index (κ1) is 17.0. The van der Waals surface area contributed by atoms with E-state index in [-0.39, 0.29) is 0 Å². The molecule has 0 unspecified atom stereocenters. The van der Waals surface area contributed by atoms with Crippen LogP contribution in [-0.2, 0) is 0 Å². The van der Waals surface area contributed by atoms with Gasteiger partial charge in [-0.2, -0.15) is 0 Å². The summed E-state index contributed by atoms with van der Waals surface area (Å²) in [7, 11) is 0. The molecule has 2 aromatic rings. The zero-order valence-electron chi connectivity index (χ0n) is 14.0. The molecule has 0 fully saturated rings. The van der Waals surface area contributed by atoms with E-state index in [1.165, 1.54) is 0 Å². The summed E-state index contributed by atoms with van der Waals surface area (Å²) in [5, 5.41) is 6.77. The molecule has 2 aromatic carbocycles. The molecule has 124 valence electrons. The van der Waals surface area contributed by atoms with Crippen LogP contribution in [0.25, 0.3) is 0 Å². The first-order valence-electron chi connectivity index (χ1n) is 8.25. The van der Waals surface area contributed by atoms with E-state index < -0.39 is 0 Å². The van der Waals surface area contributed by atoms with Gasteiger partial charge >= 0.3 is 0 Å². The van der Waals surface area contributed by atoms with Gasteiger partial charge in [0.15, 0.2) is 0 Å². The topological polar surface area (TPSA) is 42.5 Å². The summed E-state index contributed by atoms with van der Waals surface area (Å²) in [5.74, 6) is 1.83. The second-order valence-corrected chi connectivity index (χ2v) is 5.18. The summed E-state index contributed by atoms with van der Waals surface area (Å²) in [6, 6.07) is 16.1. The Morgan fingerprint density at radius 1 is 0.696 bits per heavy atom. The lowest BCUT2D eigenvalue weighted by molar-refractivity contribution is 0.317. The Morgan fingerprint density at radius 3 is 1.61 bits per heavy atom. The van der Waals surface area contributed by atoms with E-state index in [2.05, 4.69) is 17.6 Å². The number of hydrogen-bond acceptors (Lipinski definition) is 4. The van der Waals surface area contributed by atoms with E-state index in [1.54, 1.807) is 0 Å². The molecule has 4 heteroatoms. The van der Waals surface area contributed by atoms with Crippen molar-refractivity contribution in [2.75, 3.05) is 36.9 Å². The van der Waals surface area contributed by atoms with E-state index in [4.69, 9.17) is 9.47 Å². The van der Waals surface area contributed by atoms with Crippen LogP contribution >= 0.6 is 0 Å². The molecule has 0 radical (unpaired) electrons. The fraction of sp³-hybridized carbons (Fsp3) is 0.368. The van der Waals surface area contributed by atoms with E-state index in [9.17, 15) is 0 Å². The fourth-order valence-electron chi connectivity index (χ4n) is 2.14. The van der Waals surface area contributed by atoms with Crippen LogP contribution in [-0.4, -0.2) is 26.3 Å². The first-order chi connectivity index (χ1) is 11.3. The highest BCUT2D eigenvalue weighted by Gasteiger charge is 1.96. The van der Waals surface area contributed by atoms with Gasteiger partial charge in [-0.3, -0.25) is 0 Å². The molecular formula is C19H26N2O2. The number of ether oxygens (including phenoxy) is 2. The normalized spacial score (nSPS) is 10.2. The third-order valence-corrected chi connectivity index (χ3v) is 3.28. The standard InChI is InChI=1S/C19H26N2O2/c1-3-15-23-19-11-7-17(8-12-19)21-14-13-20-16-5-9-18(10-6-16)22-4-2/h5-12,20-21H,3-4,13-15H2,1-2H3. The molecule has 0 aromatic heterocycles. The van der Waals surface area contributed by atoms with E-state index in [0.29, 0.717) is 6.61 Å². The summed E-state index contributed by atoms with van der Waals surface area (Å²) in [4.78, 5) is 0. The van der Waals surface area contributed by atoms with Crippen molar-refractivity contribution >= 4 is 11.4 Å². The van der Waals surface area contributed by atoms with Crippen molar-refractivity contribution in [3.05, 3.63) is 48.5 Å². The number of anilines is 2. The van der Waals surface area contributed by atoms with Gasteiger partial charge in [-0.25, -0.2) is 0 Å². The van der Waals surface area contributed by atoms with Gasteiger partial charge in [-0.05, 0) is 61.9 Å². The highest BCUT2D eigenvalue weighted by molar-refractivity contribution is 5.48. The zero-order chi connectivity index (χ0) is 16.3. The number of hydrogen-bond donors (Lipinski definition) is 2. The molecule has 2 rings (SSSR count). The molecule has 0 atom stereocenters. The van der Waals surface area contributed by atoms with Gasteiger partial charge in [-0.15, -0.1) is 0 Å². The van der Waals surface area contributed by atoms with Gasteiger partial charge in [0.2, 0.25) is 0 Å². The van der Waals surface area contributed by atoms with Crippen LogP contribution < -0.4 is 20.1 Å². The fourth-order valence-corrected chi connectivity index (χ4v) is 2.14. The SMILES string of the molecule is CCCOc1ccc(NCCNc2ccc(OCC)cc2)cc1. The number of nitrogens with one attached hydrogen (secondary N) is 2. The van der Waals surface area contributed by atoms with Crippen LogP contribution in [0, 0.1) is 0 Å². The molecule has 0 aliphatic heterocycles. The van der Waals surface area contributed by atoms with Crippen LogP contribution in [0.5, 0.6) is 11.5 Å². The average molecular weight is 314 g/mol. The Kier molecular flexibility index (Phi) is 7.11. The summed E-state index contributed by atoms with van der Waals surface area (Å²) >= 11 is 0. The van der Waals surface area contributed by atoms with Crippen molar-refractivity contribution in [1.82, 2.24) is 0 Å². The Hall–Kier alpha value is -2.36. The van der Waals surface area contributed by atoms with Gasteiger partial charge in [0.1, 0.15) is 11.5 Å². The summed E-state index contributed by atoms with van der Waals surface area (Å²) in [6.07, 6.45) is 1.03. The highest BCUT2D eigenvalue weighted by atomic mass is 16.5. The van der Waals surface area contributed by atoms with Crippen LogP contribution in [0.2, 0.25) is 0 Å². The Labute approximate surface area is 138 Å². The molecule has 4 nitrogen and oxygen atoms in total.